The summed E-state index contributed by atoms with van der Waals surface area (Å²) in [6, 6.07) is 29.9. The van der Waals surface area contributed by atoms with Gasteiger partial charge in [-0.1, -0.05) is 97.1 Å². The molecule has 2 aliphatic heterocycles. The fourth-order valence-electron chi connectivity index (χ4n) is 6.43. The zero-order valence-corrected chi connectivity index (χ0v) is 24.3. The van der Waals surface area contributed by atoms with Gasteiger partial charge in [0.05, 0.1) is 18.4 Å². The lowest BCUT2D eigenvalue weighted by molar-refractivity contribution is -0.0825. The summed E-state index contributed by atoms with van der Waals surface area (Å²) in [6.07, 6.45) is 1.16. The van der Waals surface area contributed by atoms with Gasteiger partial charge in [0.25, 0.3) is 5.56 Å². The van der Waals surface area contributed by atoms with E-state index >= 15 is 0 Å². The van der Waals surface area contributed by atoms with Gasteiger partial charge in [0, 0.05) is 25.4 Å². The molecule has 2 fully saturated rings. The van der Waals surface area contributed by atoms with Gasteiger partial charge in [0.15, 0.2) is 16.1 Å². The monoisotopic (exact) mass is 599 g/mol. The molecular formula is C33H33N3O6S. The Morgan fingerprint density at radius 2 is 1.47 bits per heavy atom. The number of sulfone groups is 1. The minimum atomic E-state index is -3.65. The molecule has 2 saturated heterocycles. The van der Waals surface area contributed by atoms with Crippen LogP contribution in [-0.4, -0.2) is 65.7 Å². The van der Waals surface area contributed by atoms with Crippen LogP contribution in [0.2, 0.25) is 0 Å². The molecule has 4 aromatic rings. The molecule has 9 nitrogen and oxygen atoms in total. The highest BCUT2D eigenvalue weighted by atomic mass is 32.2. The van der Waals surface area contributed by atoms with Crippen molar-refractivity contribution in [2.24, 2.45) is 0 Å². The van der Waals surface area contributed by atoms with Crippen LogP contribution in [0.4, 0.5) is 0 Å². The third-order valence-electron chi connectivity index (χ3n) is 8.30. The number of hydrogen-bond acceptors (Lipinski definition) is 7. The molecule has 1 N–H and O–H groups in total. The highest BCUT2D eigenvalue weighted by Gasteiger charge is 2.57. The zero-order chi connectivity index (χ0) is 30.0. The smallest absolute Gasteiger partial charge is 0.330 e. The second-order valence-electron chi connectivity index (χ2n) is 10.8. The standard InChI is InChI=1S/C33H33N3O6S/c1-2-19-35-21-22-43(39,40)30-27(42-31(29(30)35)36-20-18-28(37)34-32(36)38)23-41-33(24-12-6-3-7-13-24,25-14-8-4-9-15-25)26-16-10-5-11-17-26/h2-18,20,27,29-31H,1,19,21-23H2,(H,34,37,38)/t27-,29-,30-,31-/m1/s1. The van der Waals surface area contributed by atoms with Gasteiger partial charge in [-0.25, -0.2) is 13.2 Å². The molecule has 43 heavy (non-hydrogen) atoms. The average Bonchev–Trinajstić information content (AvgIpc) is 3.41. The van der Waals surface area contributed by atoms with E-state index in [0.717, 1.165) is 16.7 Å². The van der Waals surface area contributed by atoms with Gasteiger partial charge in [0.2, 0.25) is 0 Å². The number of nitrogens with one attached hydrogen (secondary N) is 1. The van der Waals surface area contributed by atoms with Crippen molar-refractivity contribution >= 4 is 9.84 Å². The lowest BCUT2D eigenvalue weighted by Crippen LogP contribution is -2.58. The third-order valence-corrected chi connectivity index (χ3v) is 10.5. The molecule has 2 aliphatic rings. The summed E-state index contributed by atoms with van der Waals surface area (Å²) in [5, 5.41) is -0.981. The van der Waals surface area contributed by atoms with Gasteiger partial charge in [-0.05, 0) is 16.7 Å². The van der Waals surface area contributed by atoms with Gasteiger partial charge in [-0.2, -0.15) is 0 Å². The average molecular weight is 600 g/mol. The van der Waals surface area contributed by atoms with Crippen LogP contribution in [0.25, 0.3) is 0 Å². The van der Waals surface area contributed by atoms with E-state index < -0.39 is 50.3 Å². The van der Waals surface area contributed by atoms with Gasteiger partial charge < -0.3 is 9.47 Å². The fourth-order valence-corrected chi connectivity index (χ4v) is 8.52. The quantitative estimate of drug-likeness (QED) is 0.233. The molecule has 0 spiro atoms. The highest BCUT2D eigenvalue weighted by Crippen LogP contribution is 2.44. The Balaban J connectivity index is 1.47. The predicted octanol–water partition coefficient (Wildman–Crippen LogP) is 3.10. The minimum Gasteiger partial charge on any atom is -0.358 e. The van der Waals surface area contributed by atoms with E-state index in [-0.39, 0.29) is 18.9 Å². The Morgan fingerprint density at radius 3 is 1.98 bits per heavy atom. The molecule has 1 aromatic heterocycles. The summed E-state index contributed by atoms with van der Waals surface area (Å²) in [4.78, 5) is 29.0. The van der Waals surface area contributed by atoms with Crippen LogP contribution < -0.4 is 11.2 Å². The van der Waals surface area contributed by atoms with Crippen LogP contribution in [0.3, 0.4) is 0 Å². The number of fused-ring (bicyclic) bond motifs is 1. The molecule has 0 unspecified atom stereocenters. The van der Waals surface area contributed by atoms with Crippen LogP contribution >= 0.6 is 0 Å². The summed E-state index contributed by atoms with van der Waals surface area (Å²) in [5.74, 6) is -0.0592. The largest absolute Gasteiger partial charge is 0.358 e. The van der Waals surface area contributed by atoms with Gasteiger partial charge in [-0.15, -0.1) is 6.58 Å². The van der Waals surface area contributed by atoms with Crippen molar-refractivity contribution in [1.29, 1.82) is 0 Å². The number of nitrogens with zero attached hydrogens (tertiary/aromatic N) is 2. The van der Waals surface area contributed by atoms with Crippen molar-refractivity contribution in [1.82, 2.24) is 14.5 Å². The highest BCUT2D eigenvalue weighted by molar-refractivity contribution is 7.92. The maximum absolute atomic E-state index is 13.7. The molecule has 0 aliphatic carbocycles. The van der Waals surface area contributed by atoms with E-state index in [2.05, 4.69) is 11.6 Å². The lowest BCUT2D eigenvalue weighted by Gasteiger charge is -2.39. The van der Waals surface area contributed by atoms with Crippen LogP contribution in [0, 0.1) is 0 Å². The summed E-state index contributed by atoms with van der Waals surface area (Å²) in [6.45, 7) is 4.43. The second kappa shape index (κ2) is 11.9. The second-order valence-corrected chi connectivity index (χ2v) is 13.1. The topological polar surface area (TPSA) is 111 Å². The molecule has 6 rings (SSSR count). The first-order chi connectivity index (χ1) is 20.8. The number of hydrogen-bond donors (Lipinski definition) is 1. The fraction of sp³-hybridized carbons (Fsp3) is 0.273. The van der Waals surface area contributed by atoms with Crippen molar-refractivity contribution in [3.8, 4) is 0 Å². The van der Waals surface area contributed by atoms with E-state index in [1.165, 1.54) is 16.8 Å². The molecule has 0 radical (unpaired) electrons. The van der Waals surface area contributed by atoms with Crippen LogP contribution in [0.1, 0.15) is 22.9 Å². The van der Waals surface area contributed by atoms with Crippen molar-refractivity contribution < 1.29 is 17.9 Å². The first kappa shape index (κ1) is 29.0. The van der Waals surface area contributed by atoms with Crippen LogP contribution in [-0.2, 0) is 24.9 Å². The molecule has 3 aromatic carbocycles. The SMILES string of the molecule is C=CCN1CCS(=O)(=O)[C@H]2[C@@H]1[C@H](n1ccc(=O)[nH]c1=O)O[C@@H]2COC(c1ccccc1)(c1ccccc1)c1ccccc1. The van der Waals surface area contributed by atoms with Crippen molar-refractivity contribution in [2.75, 3.05) is 25.4 Å². The number of ether oxygens (including phenoxy) is 2. The molecule has 0 amide bonds. The number of aromatic amines is 1. The van der Waals surface area contributed by atoms with Crippen molar-refractivity contribution in [3.05, 3.63) is 153 Å². The van der Waals surface area contributed by atoms with Crippen molar-refractivity contribution in [2.45, 2.75) is 29.2 Å². The van der Waals surface area contributed by atoms with E-state index in [1.54, 1.807) is 6.08 Å². The zero-order valence-electron chi connectivity index (χ0n) is 23.5. The molecule has 10 heteroatoms. The van der Waals surface area contributed by atoms with Crippen LogP contribution in [0.15, 0.2) is 126 Å². The molecule has 3 heterocycles. The Morgan fingerprint density at radius 1 is 0.907 bits per heavy atom. The number of aromatic nitrogens is 2. The Labute approximate surface area is 250 Å². The molecule has 0 saturated carbocycles. The Kier molecular flexibility index (Phi) is 8.02. The molecular weight excluding hydrogens is 566 g/mol. The number of rotatable bonds is 9. The summed E-state index contributed by atoms with van der Waals surface area (Å²) >= 11 is 0. The van der Waals surface area contributed by atoms with E-state index in [4.69, 9.17) is 9.47 Å². The summed E-state index contributed by atoms with van der Waals surface area (Å²) in [5.41, 5.74) is 0.301. The van der Waals surface area contributed by atoms with E-state index in [0.29, 0.717) is 6.54 Å². The van der Waals surface area contributed by atoms with Gasteiger partial charge in [-0.3, -0.25) is 19.2 Å². The lowest BCUT2D eigenvalue weighted by atomic mass is 9.80. The number of benzene rings is 3. The van der Waals surface area contributed by atoms with Gasteiger partial charge >= 0.3 is 5.69 Å². The van der Waals surface area contributed by atoms with Gasteiger partial charge in [0.1, 0.15) is 17.0 Å². The minimum absolute atomic E-state index is 0.0592. The summed E-state index contributed by atoms with van der Waals surface area (Å²) < 4.78 is 42.2. The predicted molar refractivity (Wildman–Crippen MR) is 164 cm³/mol. The normalized spacial score (nSPS) is 23.4. The first-order valence-electron chi connectivity index (χ1n) is 14.2. The Bertz CT molecular complexity index is 1690. The van der Waals surface area contributed by atoms with E-state index in [1.807, 2.05) is 95.9 Å². The molecule has 222 valence electrons. The maximum Gasteiger partial charge on any atom is 0.330 e. The maximum atomic E-state index is 13.7. The summed E-state index contributed by atoms with van der Waals surface area (Å²) in [7, 11) is -3.65. The van der Waals surface area contributed by atoms with E-state index in [9.17, 15) is 18.0 Å². The van der Waals surface area contributed by atoms with Crippen LogP contribution in [0.5, 0.6) is 0 Å². The Hall–Kier alpha value is -4.09. The first-order valence-corrected chi connectivity index (χ1v) is 15.9. The molecule has 4 atom stereocenters. The van der Waals surface area contributed by atoms with Crippen molar-refractivity contribution in [3.63, 3.8) is 0 Å². The molecule has 0 bridgehead atoms. The number of H-pyrrole nitrogens is 1. The third kappa shape index (κ3) is 5.31.